The second kappa shape index (κ2) is 9.20. The first-order chi connectivity index (χ1) is 12.5. The second-order valence-electron chi connectivity index (χ2n) is 5.35. The molecule has 2 aromatic carbocycles. The van der Waals surface area contributed by atoms with Gasteiger partial charge in [-0.25, -0.2) is 0 Å². The van der Waals surface area contributed by atoms with Gasteiger partial charge in [-0.05, 0) is 55.5 Å². The number of carbonyl (C=O) groups is 1. The number of allylic oxidation sites excluding steroid dienone is 1. The highest BCUT2D eigenvalue weighted by Crippen LogP contribution is 2.25. The lowest BCUT2D eigenvalue weighted by atomic mass is 10.1. The summed E-state index contributed by atoms with van der Waals surface area (Å²) in [7, 11) is 3.11. The Bertz CT molecular complexity index is 893. The fourth-order valence-electron chi connectivity index (χ4n) is 2.37. The highest BCUT2D eigenvalue weighted by Gasteiger charge is 2.11. The van der Waals surface area contributed by atoms with E-state index in [1.807, 2.05) is 6.92 Å². The molecule has 0 atom stereocenters. The highest BCUT2D eigenvalue weighted by molar-refractivity contribution is 9.10. The fourth-order valence-corrected chi connectivity index (χ4v) is 2.73. The molecule has 0 aliphatic rings. The van der Waals surface area contributed by atoms with Crippen molar-refractivity contribution in [2.75, 3.05) is 26.1 Å². The van der Waals surface area contributed by atoms with E-state index in [0.29, 0.717) is 33.8 Å². The maximum Gasteiger partial charge on any atom is 0.212 e. The van der Waals surface area contributed by atoms with Crippen LogP contribution in [0.25, 0.3) is 6.08 Å². The monoisotopic (exact) mass is 417 g/mol. The Morgan fingerprint density at radius 2 is 1.92 bits per heavy atom. The number of rotatable bonds is 7. The number of nitrogens with one attached hydrogen (secondary N) is 1. The molecule has 26 heavy (non-hydrogen) atoms. The summed E-state index contributed by atoms with van der Waals surface area (Å²) in [4.78, 5) is 25.2. The van der Waals surface area contributed by atoms with Gasteiger partial charge in [-0.1, -0.05) is 15.9 Å². The first kappa shape index (κ1) is 19.7. The van der Waals surface area contributed by atoms with Gasteiger partial charge in [0.25, 0.3) is 0 Å². The van der Waals surface area contributed by atoms with E-state index in [4.69, 9.17) is 9.47 Å². The minimum atomic E-state index is -0.393. The van der Waals surface area contributed by atoms with E-state index in [9.17, 15) is 9.59 Å². The predicted molar refractivity (Wildman–Crippen MR) is 107 cm³/mol. The van der Waals surface area contributed by atoms with Gasteiger partial charge in [0.05, 0.1) is 25.5 Å². The molecule has 5 nitrogen and oxygen atoms in total. The molecule has 0 unspecified atom stereocenters. The largest absolute Gasteiger partial charge is 0.497 e. The van der Waals surface area contributed by atoms with Gasteiger partial charge in [-0.15, -0.1) is 0 Å². The van der Waals surface area contributed by atoms with Gasteiger partial charge in [-0.3, -0.25) is 9.59 Å². The molecule has 6 heteroatoms. The van der Waals surface area contributed by atoms with Crippen LogP contribution in [-0.2, 0) is 0 Å². The van der Waals surface area contributed by atoms with Crippen molar-refractivity contribution in [3.05, 3.63) is 68.3 Å². The van der Waals surface area contributed by atoms with E-state index in [-0.39, 0.29) is 11.0 Å². The molecule has 0 bridgehead atoms. The summed E-state index contributed by atoms with van der Waals surface area (Å²) in [6.45, 7) is 2.47. The molecule has 0 heterocycles. The van der Waals surface area contributed by atoms with Crippen LogP contribution in [0.3, 0.4) is 0 Å². The molecule has 2 aromatic rings. The van der Waals surface area contributed by atoms with Crippen LogP contribution in [0.1, 0.15) is 22.8 Å². The number of hydrogen-bond donors (Lipinski definition) is 1. The average Bonchev–Trinajstić information content (AvgIpc) is 2.79. The van der Waals surface area contributed by atoms with Crippen molar-refractivity contribution < 1.29 is 14.3 Å². The lowest BCUT2D eigenvalue weighted by molar-refractivity contribution is 0.104. The van der Waals surface area contributed by atoms with Crippen LogP contribution >= 0.6 is 15.9 Å². The maximum absolute atomic E-state index is 12.6. The molecule has 0 radical (unpaired) electrons. The molecule has 0 aliphatic carbocycles. The van der Waals surface area contributed by atoms with Gasteiger partial charge in [0.1, 0.15) is 11.5 Å². The summed E-state index contributed by atoms with van der Waals surface area (Å²) in [6, 6.07) is 10.2. The quantitative estimate of drug-likeness (QED) is 0.541. The topological polar surface area (TPSA) is 64.6 Å². The normalized spacial score (nSPS) is 10.6. The molecular formula is C20H20BrNO4. The van der Waals surface area contributed by atoms with Gasteiger partial charge in [0.2, 0.25) is 5.43 Å². The number of ether oxygens (including phenoxy) is 2. The van der Waals surface area contributed by atoms with E-state index >= 15 is 0 Å². The highest BCUT2D eigenvalue weighted by atomic mass is 79.9. The molecule has 0 aliphatic heterocycles. The average molecular weight is 418 g/mol. The first-order valence-corrected chi connectivity index (χ1v) is 8.81. The number of halogens is 1. The SMILES string of the molecule is CCNc1ccc(Br)cc(C(=O)/C=C/c2cc(OC)ccc2OC)c1=O. The van der Waals surface area contributed by atoms with Gasteiger partial charge in [-0.2, -0.15) is 0 Å². The number of methoxy groups -OCH3 is 2. The number of carbonyl (C=O) groups excluding carboxylic acids is 1. The Morgan fingerprint density at radius 3 is 2.58 bits per heavy atom. The summed E-state index contributed by atoms with van der Waals surface area (Å²) >= 11 is 3.34. The molecule has 0 saturated heterocycles. The fraction of sp³-hybridized carbons (Fsp3) is 0.200. The van der Waals surface area contributed by atoms with Crippen molar-refractivity contribution in [1.82, 2.24) is 0 Å². The molecule has 0 saturated carbocycles. The number of ketones is 1. The van der Waals surface area contributed by atoms with E-state index < -0.39 is 5.78 Å². The summed E-state index contributed by atoms with van der Waals surface area (Å²) in [6.07, 6.45) is 2.97. The molecule has 2 rings (SSSR count). The zero-order valence-corrected chi connectivity index (χ0v) is 16.4. The Hall–Kier alpha value is -2.60. The van der Waals surface area contributed by atoms with E-state index in [1.165, 1.54) is 12.1 Å². The van der Waals surface area contributed by atoms with Gasteiger partial charge in [0, 0.05) is 16.6 Å². The minimum Gasteiger partial charge on any atom is -0.497 e. The van der Waals surface area contributed by atoms with E-state index in [1.54, 1.807) is 50.6 Å². The molecule has 0 aromatic heterocycles. The molecular weight excluding hydrogens is 398 g/mol. The van der Waals surface area contributed by atoms with Crippen LogP contribution in [-0.4, -0.2) is 26.5 Å². The van der Waals surface area contributed by atoms with Crippen molar-refractivity contribution in [3.63, 3.8) is 0 Å². The number of benzene rings is 1. The van der Waals surface area contributed by atoms with Crippen molar-refractivity contribution in [3.8, 4) is 11.5 Å². The van der Waals surface area contributed by atoms with Gasteiger partial charge < -0.3 is 14.8 Å². The second-order valence-corrected chi connectivity index (χ2v) is 6.27. The van der Waals surface area contributed by atoms with Crippen molar-refractivity contribution in [2.45, 2.75) is 6.92 Å². The Labute approximate surface area is 160 Å². The molecule has 0 fully saturated rings. The van der Waals surface area contributed by atoms with Gasteiger partial charge >= 0.3 is 0 Å². The molecule has 136 valence electrons. The van der Waals surface area contributed by atoms with Crippen LogP contribution in [0.2, 0.25) is 0 Å². The van der Waals surface area contributed by atoms with Crippen molar-refractivity contribution in [2.24, 2.45) is 0 Å². The summed E-state index contributed by atoms with van der Waals surface area (Å²) < 4.78 is 11.1. The lowest BCUT2D eigenvalue weighted by Crippen LogP contribution is -2.15. The molecule has 0 amide bonds. The maximum atomic E-state index is 12.6. The summed E-state index contributed by atoms with van der Waals surface area (Å²) in [5.74, 6) is 0.854. The van der Waals surface area contributed by atoms with Crippen LogP contribution < -0.4 is 20.2 Å². The predicted octanol–water partition coefficient (Wildman–Crippen LogP) is 4.15. The van der Waals surface area contributed by atoms with Crippen LogP contribution in [0.5, 0.6) is 11.5 Å². The van der Waals surface area contributed by atoms with Gasteiger partial charge in [0.15, 0.2) is 5.78 Å². The Balaban J connectivity index is 2.44. The molecule has 0 spiro atoms. The third kappa shape index (κ3) is 4.73. The molecule has 1 N–H and O–H groups in total. The summed E-state index contributed by atoms with van der Waals surface area (Å²) in [5.41, 5.74) is 0.800. The van der Waals surface area contributed by atoms with Crippen LogP contribution in [0.15, 0.2) is 51.7 Å². The Morgan fingerprint density at radius 1 is 1.15 bits per heavy atom. The van der Waals surface area contributed by atoms with Crippen molar-refractivity contribution in [1.29, 1.82) is 0 Å². The Kier molecular flexibility index (Phi) is 6.97. The smallest absolute Gasteiger partial charge is 0.212 e. The van der Waals surface area contributed by atoms with Crippen LogP contribution in [0, 0.1) is 0 Å². The summed E-state index contributed by atoms with van der Waals surface area (Å²) in [5, 5.41) is 2.98. The third-order valence-electron chi connectivity index (χ3n) is 3.66. The van der Waals surface area contributed by atoms with E-state index in [0.717, 1.165) is 0 Å². The zero-order chi connectivity index (χ0) is 19.1. The third-order valence-corrected chi connectivity index (χ3v) is 4.16. The zero-order valence-electron chi connectivity index (χ0n) is 14.8. The van der Waals surface area contributed by atoms with Crippen LogP contribution in [0.4, 0.5) is 5.69 Å². The first-order valence-electron chi connectivity index (χ1n) is 8.02. The van der Waals surface area contributed by atoms with E-state index in [2.05, 4.69) is 21.2 Å². The standard InChI is InChI=1S/C20H20BrNO4/c1-4-22-17-8-6-14(21)12-16(20(17)24)18(23)9-5-13-11-15(25-2)7-10-19(13)26-3/h5-12H,4H2,1-3H3,(H,22,24)/b9-5+. The minimum absolute atomic E-state index is 0.0796. The lowest BCUT2D eigenvalue weighted by Gasteiger charge is -2.07. The number of anilines is 1. The van der Waals surface area contributed by atoms with Crippen molar-refractivity contribution >= 4 is 33.5 Å². The number of hydrogen-bond acceptors (Lipinski definition) is 5.